The Morgan fingerprint density at radius 3 is 2.33 bits per heavy atom. The van der Waals surface area contributed by atoms with Crippen molar-refractivity contribution in [1.82, 2.24) is 3.53 Å². The third kappa shape index (κ3) is 3.45. The standard InChI is InChI=1S/C13H18IN/c14-15-13-8-6-12(7-9-13)10-11-4-2-1-3-5-11/h1-5,12-13,15H,6-10H2. The van der Waals surface area contributed by atoms with Gasteiger partial charge in [0.15, 0.2) is 0 Å². The van der Waals surface area contributed by atoms with Gasteiger partial charge < -0.3 is 0 Å². The van der Waals surface area contributed by atoms with Crippen molar-refractivity contribution in [1.29, 1.82) is 0 Å². The Morgan fingerprint density at radius 2 is 1.73 bits per heavy atom. The normalized spacial score (nSPS) is 26.5. The lowest BCUT2D eigenvalue weighted by atomic mass is 9.83. The van der Waals surface area contributed by atoms with E-state index >= 15 is 0 Å². The Hall–Kier alpha value is -0.0900. The summed E-state index contributed by atoms with van der Waals surface area (Å²) in [6.45, 7) is 0. The van der Waals surface area contributed by atoms with Crippen molar-refractivity contribution in [2.75, 3.05) is 0 Å². The summed E-state index contributed by atoms with van der Waals surface area (Å²) in [4.78, 5) is 0. The summed E-state index contributed by atoms with van der Waals surface area (Å²) in [5, 5.41) is 0. The number of nitrogens with one attached hydrogen (secondary N) is 1. The molecule has 1 aliphatic carbocycles. The Balaban J connectivity index is 1.82. The molecule has 0 amide bonds. The van der Waals surface area contributed by atoms with Crippen LogP contribution < -0.4 is 3.53 Å². The van der Waals surface area contributed by atoms with Gasteiger partial charge in [-0.2, -0.15) is 0 Å². The molecule has 0 saturated heterocycles. The molecule has 0 aromatic heterocycles. The van der Waals surface area contributed by atoms with Crippen LogP contribution in [-0.4, -0.2) is 6.04 Å². The number of benzene rings is 1. The molecule has 0 radical (unpaired) electrons. The molecule has 1 aliphatic rings. The van der Waals surface area contributed by atoms with Crippen molar-refractivity contribution in [3.63, 3.8) is 0 Å². The van der Waals surface area contributed by atoms with Crippen molar-refractivity contribution in [2.45, 2.75) is 38.1 Å². The van der Waals surface area contributed by atoms with Crippen molar-refractivity contribution < 1.29 is 0 Å². The number of hydrogen-bond donors (Lipinski definition) is 1. The van der Waals surface area contributed by atoms with Crippen LogP contribution in [0.5, 0.6) is 0 Å². The maximum Gasteiger partial charge on any atom is 0.0172 e. The highest BCUT2D eigenvalue weighted by Gasteiger charge is 2.20. The van der Waals surface area contributed by atoms with Gasteiger partial charge in [-0.3, -0.25) is 3.53 Å². The molecule has 0 spiro atoms. The second kappa shape index (κ2) is 5.85. The third-order valence-corrected chi connectivity index (χ3v) is 4.25. The molecule has 0 bridgehead atoms. The monoisotopic (exact) mass is 315 g/mol. The van der Waals surface area contributed by atoms with Gasteiger partial charge in [0.05, 0.1) is 0 Å². The average Bonchev–Trinajstić information content (AvgIpc) is 2.31. The molecule has 2 heteroatoms. The summed E-state index contributed by atoms with van der Waals surface area (Å²) >= 11 is 2.29. The minimum atomic E-state index is 0.762. The molecule has 82 valence electrons. The van der Waals surface area contributed by atoms with E-state index in [4.69, 9.17) is 0 Å². The van der Waals surface area contributed by atoms with Gasteiger partial charge >= 0.3 is 0 Å². The van der Waals surface area contributed by atoms with E-state index in [-0.39, 0.29) is 0 Å². The highest BCUT2D eigenvalue weighted by Crippen LogP contribution is 2.27. The second-order valence-electron chi connectivity index (χ2n) is 4.52. The first-order chi connectivity index (χ1) is 7.38. The molecule has 1 N–H and O–H groups in total. The van der Waals surface area contributed by atoms with Crippen LogP contribution in [0.25, 0.3) is 0 Å². The zero-order valence-electron chi connectivity index (χ0n) is 8.95. The summed E-state index contributed by atoms with van der Waals surface area (Å²) < 4.78 is 3.36. The van der Waals surface area contributed by atoms with Crippen molar-refractivity contribution >= 4 is 22.9 Å². The minimum Gasteiger partial charge on any atom is -0.258 e. The van der Waals surface area contributed by atoms with Crippen molar-refractivity contribution in [2.24, 2.45) is 5.92 Å². The van der Waals surface area contributed by atoms with Gasteiger partial charge in [0.1, 0.15) is 0 Å². The molecule has 0 unspecified atom stereocenters. The Kier molecular flexibility index (Phi) is 4.44. The van der Waals surface area contributed by atoms with Crippen molar-refractivity contribution in [3.05, 3.63) is 35.9 Å². The molecule has 0 aliphatic heterocycles. The van der Waals surface area contributed by atoms with Crippen LogP contribution in [-0.2, 0) is 6.42 Å². The van der Waals surface area contributed by atoms with Crippen LogP contribution in [0.15, 0.2) is 30.3 Å². The largest absolute Gasteiger partial charge is 0.258 e. The van der Waals surface area contributed by atoms with Gasteiger partial charge in [-0.05, 0) is 43.6 Å². The van der Waals surface area contributed by atoms with Crippen LogP contribution >= 0.6 is 22.9 Å². The van der Waals surface area contributed by atoms with Gasteiger partial charge in [-0.15, -0.1) is 0 Å². The summed E-state index contributed by atoms with van der Waals surface area (Å²) in [6.07, 6.45) is 6.74. The van der Waals surface area contributed by atoms with Gasteiger partial charge in [-0.25, -0.2) is 0 Å². The molecule has 0 atom stereocenters. The second-order valence-corrected chi connectivity index (χ2v) is 5.14. The fourth-order valence-electron chi connectivity index (χ4n) is 2.42. The predicted octanol–water partition coefficient (Wildman–Crippen LogP) is 3.73. The lowest BCUT2D eigenvalue weighted by Crippen LogP contribution is -2.27. The van der Waals surface area contributed by atoms with Gasteiger partial charge in [0.2, 0.25) is 0 Å². The highest BCUT2D eigenvalue weighted by molar-refractivity contribution is 14.1. The molecule has 2 rings (SSSR count). The SMILES string of the molecule is INC1CCC(Cc2ccccc2)CC1. The maximum atomic E-state index is 3.36. The van der Waals surface area contributed by atoms with E-state index in [0.717, 1.165) is 12.0 Å². The van der Waals surface area contributed by atoms with Crippen LogP contribution in [0.1, 0.15) is 31.2 Å². The van der Waals surface area contributed by atoms with E-state index in [1.165, 1.54) is 37.7 Å². The maximum absolute atomic E-state index is 3.36. The lowest BCUT2D eigenvalue weighted by molar-refractivity contribution is 0.319. The van der Waals surface area contributed by atoms with E-state index in [1.54, 1.807) is 0 Å². The first kappa shape index (κ1) is 11.4. The Morgan fingerprint density at radius 1 is 1.07 bits per heavy atom. The van der Waals surface area contributed by atoms with Crippen LogP contribution in [0.3, 0.4) is 0 Å². The number of hydrogen-bond acceptors (Lipinski definition) is 1. The molecule has 0 heterocycles. The first-order valence-electron chi connectivity index (χ1n) is 5.78. The molecule has 1 aromatic carbocycles. The number of halogens is 1. The van der Waals surface area contributed by atoms with Crippen molar-refractivity contribution in [3.8, 4) is 0 Å². The van der Waals surface area contributed by atoms with E-state index in [2.05, 4.69) is 56.7 Å². The summed E-state index contributed by atoms with van der Waals surface area (Å²) in [5.41, 5.74) is 1.50. The quantitative estimate of drug-likeness (QED) is 0.662. The van der Waals surface area contributed by atoms with Crippen LogP contribution in [0, 0.1) is 5.92 Å². The Labute approximate surface area is 106 Å². The number of rotatable bonds is 3. The molecule has 1 fully saturated rings. The summed E-state index contributed by atoms with van der Waals surface area (Å²) in [5.74, 6) is 0.911. The van der Waals surface area contributed by atoms with E-state index in [0.29, 0.717) is 0 Å². The Bertz CT molecular complexity index is 278. The predicted molar refractivity (Wildman–Crippen MR) is 73.0 cm³/mol. The molecular formula is C13H18IN. The molecule has 15 heavy (non-hydrogen) atoms. The van der Waals surface area contributed by atoms with E-state index < -0.39 is 0 Å². The lowest BCUT2D eigenvalue weighted by Gasteiger charge is -2.27. The zero-order chi connectivity index (χ0) is 10.5. The molecular weight excluding hydrogens is 297 g/mol. The fraction of sp³-hybridized carbons (Fsp3) is 0.538. The van der Waals surface area contributed by atoms with Crippen LogP contribution in [0.2, 0.25) is 0 Å². The molecule has 1 aromatic rings. The van der Waals surface area contributed by atoms with Gasteiger partial charge in [0.25, 0.3) is 0 Å². The average molecular weight is 315 g/mol. The van der Waals surface area contributed by atoms with E-state index in [9.17, 15) is 0 Å². The molecule has 1 saturated carbocycles. The van der Waals surface area contributed by atoms with E-state index in [1.807, 2.05) is 0 Å². The topological polar surface area (TPSA) is 12.0 Å². The highest BCUT2D eigenvalue weighted by atomic mass is 127. The third-order valence-electron chi connectivity index (χ3n) is 3.37. The smallest absolute Gasteiger partial charge is 0.0172 e. The van der Waals surface area contributed by atoms with Gasteiger partial charge in [-0.1, -0.05) is 30.3 Å². The van der Waals surface area contributed by atoms with Gasteiger partial charge in [0, 0.05) is 28.9 Å². The zero-order valence-corrected chi connectivity index (χ0v) is 11.1. The molecule has 1 nitrogen and oxygen atoms in total. The fourth-order valence-corrected chi connectivity index (χ4v) is 3.05. The first-order valence-corrected chi connectivity index (χ1v) is 6.86. The summed E-state index contributed by atoms with van der Waals surface area (Å²) in [7, 11) is 0. The minimum absolute atomic E-state index is 0.762. The summed E-state index contributed by atoms with van der Waals surface area (Å²) in [6, 6.07) is 11.7. The van der Waals surface area contributed by atoms with Crippen LogP contribution in [0.4, 0.5) is 0 Å².